The van der Waals surface area contributed by atoms with E-state index in [-0.39, 0.29) is 24.1 Å². The van der Waals surface area contributed by atoms with Gasteiger partial charge in [0.05, 0.1) is 22.8 Å². The molecule has 1 aromatic carbocycles. The highest BCUT2D eigenvalue weighted by atomic mass is 16.2. The molecule has 0 aliphatic rings. The Morgan fingerprint density at radius 3 is 2.37 bits per heavy atom. The number of nitrogens with zero attached hydrogens (tertiary/aromatic N) is 4. The quantitative estimate of drug-likeness (QED) is 0.725. The van der Waals surface area contributed by atoms with Crippen molar-refractivity contribution in [1.82, 2.24) is 24.2 Å². The number of hydrogen-bond donors (Lipinski definition) is 1. The molecule has 0 aliphatic carbocycles. The SMILES string of the molecule is CCn1c(=O)n(CCC(=O)NC(C)c2c(C)nn(C)c2C)c2ccccc21. The number of carbonyl (C=O) groups is 1. The Bertz CT molecular complexity index is 1040. The third-order valence-electron chi connectivity index (χ3n) is 5.18. The van der Waals surface area contributed by atoms with Gasteiger partial charge in [-0.2, -0.15) is 5.10 Å². The number of rotatable bonds is 6. The molecule has 1 unspecified atom stereocenters. The van der Waals surface area contributed by atoms with E-state index in [4.69, 9.17) is 0 Å². The van der Waals surface area contributed by atoms with E-state index in [1.807, 2.05) is 63.7 Å². The first-order chi connectivity index (χ1) is 12.8. The first-order valence-corrected chi connectivity index (χ1v) is 9.32. The summed E-state index contributed by atoms with van der Waals surface area (Å²) in [6.45, 7) is 8.82. The Kier molecular flexibility index (Phi) is 5.21. The molecule has 7 nitrogen and oxygen atoms in total. The number of amides is 1. The van der Waals surface area contributed by atoms with Crippen molar-refractivity contribution in [3.05, 3.63) is 51.7 Å². The van der Waals surface area contributed by atoms with Crippen LogP contribution in [-0.4, -0.2) is 24.8 Å². The van der Waals surface area contributed by atoms with Crippen molar-refractivity contribution in [2.24, 2.45) is 7.05 Å². The van der Waals surface area contributed by atoms with Crippen LogP contribution in [0.2, 0.25) is 0 Å². The van der Waals surface area contributed by atoms with Crippen molar-refractivity contribution in [3.8, 4) is 0 Å². The van der Waals surface area contributed by atoms with Crippen molar-refractivity contribution in [2.75, 3.05) is 0 Å². The van der Waals surface area contributed by atoms with Gasteiger partial charge in [0, 0.05) is 37.8 Å². The third kappa shape index (κ3) is 3.41. The van der Waals surface area contributed by atoms with Crippen molar-refractivity contribution < 1.29 is 4.79 Å². The van der Waals surface area contributed by atoms with Crippen LogP contribution in [-0.2, 0) is 24.9 Å². The summed E-state index contributed by atoms with van der Waals surface area (Å²) in [6.07, 6.45) is 0.250. The molecule has 2 heterocycles. The van der Waals surface area contributed by atoms with Gasteiger partial charge in [-0.15, -0.1) is 0 Å². The molecule has 3 rings (SSSR count). The van der Waals surface area contributed by atoms with Gasteiger partial charge in [-0.1, -0.05) is 12.1 Å². The Morgan fingerprint density at radius 1 is 1.19 bits per heavy atom. The zero-order valence-electron chi connectivity index (χ0n) is 16.6. The number of nitrogens with one attached hydrogen (secondary N) is 1. The van der Waals surface area contributed by atoms with E-state index in [9.17, 15) is 9.59 Å². The molecular weight excluding hydrogens is 342 g/mol. The second kappa shape index (κ2) is 7.42. The van der Waals surface area contributed by atoms with Gasteiger partial charge in [-0.05, 0) is 39.8 Å². The molecule has 0 spiro atoms. The van der Waals surface area contributed by atoms with Gasteiger partial charge in [0.2, 0.25) is 5.91 Å². The minimum Gasteiger partial charge on any atom is -0.349 e. The minimum absolute atomic E-state index is 0.0708. The summed E-state index contributed by atoms with van der Waals surface area (Å²) in [6, 6.07) is 7.57. The first kappa shape index (κ1) is 18.9. The predicted octanol–water partition coefficient (Wildman–Crippen LogP) is 2.44. The van der Waals surface area contributed by atoms with Crippen LogP contribution in [0.1, 0.15) is 43.3 Å². The van der Waals surface area contributed by atoms with Crippen LogP contribution in [0.25, 0.3) is 11.0 Å². The summed E-state index contributed by atoms with van der Waals surface area (Å²) in [5.41, 5.74) is 4.71. The zero-order valence-corrected chi connectivity index (χ0v) is 16.6. The maximum atomic E-state index is 12.7. The van der Waals surface area contributed by atoms with E-state index < -0.39 is 0 Å². The molecule has 3 aromatic rings. The molecule has 0 fully saturated rings. The highest BCUT2D eigenvalue weighted by molar-refractivity contribution is 5.78. The van der Waals surface area contributed by atoms with Crippen LogP contribution < -0.4 is 11.0 Å². The van der Waals surface area contributed by atoms with E-state index >= 15 is 0 Å². The fourth-order valence-electron chi connectivity index (χ4n) is 3.81. The van der Waals surface area contributed by atoms with Crippen LogP contribution in [0.5, 0.6) is 0 Å². The number of benzene rings is 1. The van der Waals surface area contributed by atoms with Crippen molar-refractivity contribution in [3.63, 3.8) is 0 Å². The van der Waals surface area contributed by atoms with Gasteiger partial charge in [0.25, 0.3) is 0 Å². The lowest BCUT2D eigenvalue weighted by molar-refractivity contribution is -0.121. The lowest BCUT2D eigenvalue weighted by Crippen LogP contribution is -2.30. The molecule has 0 saturated heterocycles. The summed E-state index contributed by atoms with van der Waals surface area (Å²) >= 11 is 0. The van der Waals surface area contributed by atoms with Gasteiger partial charge in [-0.25, -0.2) is 4.79 Å². The molecule has 1 amide bonds. The Balaban J connectivity index is 1.74. The summed E-state index contributed by atoms with van der Waals surface area (Å²) in [7, 11) is 1.90. The van der Waals surface area contributed by atoms with Crippen molar-refractivity contribution in [2.45, 2.75) is 53.2 Å². The lowest BCUT2D eigenvalue weighted by Gasteiger charge is -2.15. The summed E-state index contributed by atoms with van der Waals surface area (Å²) in [5, 5.41) is 7.44. The molecule has 27 heavy (non-hydrogen) atoms. The van der Waals surface area contributed by atoms with Gasteiger partial charge < -0.3 is 5.32 Å². The molecule has 0 bridgehead atoms. The molecule has 0 saturated carbocycles. The summed E-state index contributed by atoms with van der Waals surface area (Å²) < 4.78 is 5.24. The fourth-order valence-corrected chi connectivity index (χ4v) is 3.81. The van der Waals surface area contributed by atoms with E-state index in [1.54, 1.807) is 9.13 Å². The van der Waals surface area contributed by atoms with Crippen molar-refractivity contribution >= 4 is 16.9 Å². The van der Waals surface area contributed by atoms with E-state index in [0.717, 1.165) is 28.0 Å². The lowest BCUT2D eigenvalue weighted by atomic mass is 10.1. The Hall–Kier alpha value is -2.83. The smallest absolute Gasteiger partial charge is 0.329 e. The third-order valence-corrected chi connectivity index (χ3v) is 5.18. The predicted molar refractivity (Wildman–Crippen MR) is 106 cm³/mol. The van der Waals surface area contributed by atoms with Crippen LogP contribution in [0.4, 0.5) is 0 Å². The zero-order chi connectivity index (χ0) is 19.7. The standard InChI is InChI=1S/C20H27N5O2/c1-6-24-16-9-7-8-10-17(16)25(20(24)27)12-11-18(26)21-13(2)19-14(3)22-23(5)15(19)4/h7-10,13H,6,11-12H2,1-5H3,(H,21,26). The monoisotopic (exact) mass is 369 g/mol. The average molecular weight is 369 g/mol. The van der Waals surface area contributed by atoms with E-state index in [1.165, 1.54) is 0 Å². The highest BCUT2D eigenvalue weighted by Crippen LogP contribution is 2.20. The van der Waals surface area contributed by atoms with Crippen LogP contribution in [0.3, 0.4) is 0 Å². The van der Waals surface area contributed by atoms with Gasteiger partial charge in [0.1, 0.15) is 0 Å². The highest BCUT2D eigenvalue weighted by Gasteiger charge is 2.19. The minimum atomic E-state index is -0.125. The van der Waals surface area contributed by atoms with Crippen LogP contribution >= 0.6 is 0 Å². The Labute approximate surface area is 158 Å². The molecule has 7 heteroatoms. The second-order valence-electron chi connectivity index (χ2n) is 6.91. The van der Waals surface area contributed by atoms with E-state index in [2.05, 4.69) is 10.4 Å². The molecule has 0 aliphatic heterocycles. The maximum absolute atomic E-state index is 12.7. The summed E-state index contributed by atoms with van der Waals surface area (Å²) in [4.78, 5) is 25.1. The van der Waals surface area contributed by atoms with Gasteiger partial charge in [0.15, 0.2) is 0 Å². The van der Waals surface area contributed by atoms with E-state index in [0.29, 0.717) is 13.1 Å². The molecular formula is C20H27N5O2. The normalized spacial score (nSPS) is 12.5. The number of para-hydroxylation sites is 2. The number of imidazole rings is 1. The average Bonchev–Trinajstić information content (AvgIpc) is 3.04. The van der Waals surface area contributed by atoms with Gasteiger partial charge in [-0.3, -0.25) is 18.6 Å². The topological polar surface area (TPSA) is 73.8 Å². The fraction of sp³-hybridized carbons (Fsp3) is 0.450. The molecule has 2 aromatic heterocycles. The number of carbonyl (C=O) groups excluding carboxylic acids is 1. The van der Waals surface area contributed by atoms with Crippen molar-refractivity contribution in [1.29, 1.82) is 0 Å². The molecule has 144 valence electrons. The Morgan fingerprint density at radius 2 is 1.81 bits per heavy atom. The molecule has 1 atom stereocenters. The van der Waals surface area contributed by atoms with Gasteiger partial charge >= 0.3 is 5.69 Å². The molecule has 0 radical (unpaired) electrons. The summed E-state index contributed by atoms with van der Waals surface area (Å²) in [5.74, 6) is -0.0783. The molecule has 1 N–H and O–H groups in total. The number of fused-ring (bicyclic) bond motifs is 1. The largest absolute Gasteiger partial charge is 0.349 e. The second-order valence-corrected chi connectivity index (χ2v) is 6.91. The number of hydrogen-bond acceptors (Lipinski definition) is 3. The van der Waals surface area contributed by atoms with Crippen LogP contribution in [0.15, 0.2) is 29.1 Å². The maximum Gasteiger partial charge on any atom is 0.329 e. The first-order valence-electron chi connectivity index (χ1n) is 9.32. The van der Waals surface area contributed by atoms with Crippen LogP contribution in [0, 0.1) is 13.8 Å². The number of aromatic nitrogens is 4. The number of aryl methyl sites for hydroxylation is 4.